The minimum Gasteiger partial charge on any atom is -0.300 e. The fraction of sp³-hybridized carbons (Fsp3) is 0.909. The average molecular weight is 168 g/mol. The summed E-state index contributed by atoms with van der Waals surface area (Å²) < 4.78 is 0. The molecule has 12 heavy (non-hydrogen) atoms. The number of hydrogen-bond acceptors (Lipinski definition) is 1. The van der Waals surface area contributed by atoms with Gasteiger partial charge in [-0.05, 0) is 24.7 Å². The maximum Gasteiger partial charge on any atom is 0.133 e. The lowest BCUT2D eigenvalue weighted by Gasteiger charge is -2.27. The van der Waals surface area contributed by atoms with Crippen LogP contribution in [0.5, 0.6) is 0 Å². The molecule has 0 aromatic rings. The van der Waals surface area contributed by atoms with Gasteiger partial charge in [-0.25, -0.2) is 0 Å². The molecule has 0 amide bonds. The molecule has 0 heterocycles. The van der Waals surface area contributed by atoms with Gasteiger partial charge in [0.25, 0.3) is 0 Å². The molecule has 0 saturated heterocycles. The lowest BCUT2D eigenvalue weighted by molar-refractivity contribution is -0.122. The molecule has 0 spiro atoms. The molecule has 0 bridgehead atoms. The van der Waals surface area contributed by atoms with Crippen LogP contribution in [-0.2, 0) is 4.79 Å². The lowest BCUT2D eigenvalue weighted by Crippen LogP contribution is -2.21. The Hall–Kier alpha value is -0.330. The van der Waals surface area contributed by atoms with Crippen LogP contribution >= 0.6 is 0 Å². The van der Waals surface area contributed by atoms with Crippen molar-refractivity contribution < 1.29 is 4.79 Å². The first-order valence-corrected chi connectivity index (χ1v) is 5.29. The van der Waals surface area contributed by atoms with Crippen LogP contribution in [-0.4, -0.2) is 5.78 Å². The molecule has 1 nitrogen and oxygen atoms in total. The highest BCUT2D eigenvalue weighted by molar-refractivity contribution is 5.79. The molecule has 1 unspecified atom stereocenters. The van der Waals surface area contributed by atoms with E-state index in [4.69, 9.17) is 0 Å². The van der Waals surface area contributed by atoms with Crippen LogP contribution in [0, 0.1) is 11.8 Å². The molecule has 1 aliphatic carbocycles. The van der Waals surface area contributed by atoms with Crippen molar-refractivity contribution in [3.8, 4) is 0 Å². The summed E-state index contributed by atoms with van der Waals surface area (Å²) in [6.45, 7) is 4.49. The Labute approximate surface area is 75.5 Å². The van der Waals surface area contributed by atoms with Gasteiger partial charge >= 0.3 is 0 Å². The van der Waals surface area contributed by atoms with Crippen LogP contribution in [0.25, 0.3) is 0 Å². The molecule has 0 aromatic carbocycles. The third-order valence-corrected chi connectivity index (χ3v) is 3.24. The van der Waals surface area contributed by atoms with Crippen LogP contribution in [0.15, 0.2) is 0 Å². The van der Waals surface area contributed by atoms with Crippen LogP contribution < -0.4 is 0 Å². The SMILES string of the molecule is CCC(CC)C1CCCC(=O)C1. The first kappa shape index (κ1) is 9.76. The van der Waals surface area contributed by atoms with E-state index in [-0.39, 0.29) is 0 Å². The number of rotatable bonds is 3. The van der Waals surface area contributed by atoms with Crippen molar-refractivity contribution in [2.75, 3.05) is 0 Å². The summed E-state index contributed by atoms with van der Waals surface area (Å²) in [6.07, 6.45) is 6.63. The number of ketones is 1. The minimum atomic E-state index is 0.498. The molecule has 1 rings (SSSR count). The van der Waals surface area contributed by atoms with Crippen LogP contribution in [0.1, 0.15) is 52.4 Å². The second-order valence-corrected chi connectivity index (χ2v) is 3.97. The summed E-state index contributed by atoms with van der Waals surface area (Å²) in [7, 11) is 0. The Morgan fingerprint density at radius 1 is 1.42 bits per heavy atom. The third-order valence-electron chi connectivity index (χ3n) is 3.24. The van der Waals surface area contributed by atoms with Gasteiger partial charge < -0.3 is 0 Å². The molecule has 0 radical (unpaired) electrons. The van der Waals surface area contributed by atoms with Gasteiger partial charge in [0.1, 0.15) is 5.78 Å². The van der Waals surface area contributed by atoms with Crippen molar-refractivity contribution in [3.05, 3.63) is 0 Å². The van der Waals surface area contributed by atoms with Gasteiger partial charge in [-0.3, -0.25) is 4.79 Å². The third kappa shape index (κ3) is 2.33. The molecule has 1 saturated carbocycles. The largest absolute Gasteiger partial charge is 0.300 e. The van der Waals surface area contributed by atoms with Crippen molar-refractivity contribution in [1.82, 2.24) is 0 Å². The maximum atomic E-state index is 11.2. The molecule has 0 N–H and O–H groups in total. The molecule has 1 heteroatoms. The summed E-state index contributed by atoms with van der Waals surface area (Å²) in [5.41, 5.74) is 0. The van der Waals surface area contributed by atoms with E-state index in [0.29, 0.717) is 11.7 Å². The van der Waals surface area contributed by atoms with E-state index in [1.807, 2.05) is 0 Å². The highest BCUT2D eigenvalue weighted by Crippen LogP contribution is 2.31. The van der Waals surface area contributed by atoms with Crippen molar-refractivity contribution in [1.29, 1.82) is 0 Å². The van der Waals surface area contributed by atoms with Crippen LogP contribution in [0.3, 0.4) is 0 Å². The summed E-state index contributed by atoms with van der Waals surface area (Å²) in [5.74, 6) is 2.01. The molecule has 0 aliphatic heterocycles. The van der Waals surface area contributed by atoms with Crippen LogP contribution in [0.4, 0.5) is 0 Å². The first-order chi connectivity index (χ1) is 5.77. The molecule has 1 fully saturated rings. The predicted octanol–water partition coefficient (Wildman–Crippen LogP) is 3.18. The molecular weight excluding hydrogens is 148 g/mol. The number of carbonyl (C=O) groups is 1. The number of Topliss-reactive ketones (excluding diaryl/α,β-unsaturated/α-hetero) is 1. The van der Waals surface area contributed by atoms with Gasteiger partial charge in [0.2, 0.25) is 0 Å². The Kier molecular flexibility index (Phi) is 3.77. The zero-order valence-electron chi connectivity index (χ0n) is 8.31. The quantitative estimate of drug-likeness (QED) is 0.632. The second kappa shape index (κ2) is 4.64. The highest BCUT2D eigenvalue weighted by atomic mass is 16.1. The van der Waals surface area contributed by atoms with Gasteiger partial charge in [0.15, 0.2) is 0 Å². The Balaban J connectivity index is 2.43. The summed E-state index contributed by atoms with van der Waals surface area (Å²) in [6, 6.07) is 0. The zero-order chi connectivity index (χ0) is 8.97. The lowest BCUT2D eigenvalue weighted by atomic mass is 9.77. The number of carbonyl (C=O) groups excluding carboxylic acids is 1. The topological polar surface area (TPSA) is 17.1 Å². The maximum absolute atomic E-state index is 11.2. The standard InChI is InChI=1S/C11H20O/c1-3-9(4-2)10-6-5-7-11(12)8-10/h9-10H,3-8H2,1-2H3. The van der Waals surface area contributed by atoms with E-state index in [1.54, 1.807) is 0 Å². The molecule has 70 valence electrons. The van der Waals surface area contributed by atoms with E-state index in [1.165, 1.54) is 19.3 Å². The Morgan fingerprint density at radius 2 is 2.08 bits per heavy atom. The van der Waals surface area contributed by atoms with Gasteiger partial charge in [0, 0.05) is 12.8 Å². The van der Waals surface area contributed by atoms with Crippen LogP contribution in [0.2, 0.25) is 0 Å². The van der Waals surface area contributed by atoms with Gasteiger partial charge in [0.05, 0.1) is 0 Å². The Morgan fingerprint density at radius 3 is 2.58 bits per heavy atom. The first-order valence-electron chi connectivity index (χ1n) is 5.29. The van der Waals surface area contributed by atoms with Crippen molar-refractivity contribution in [3.63, 3.8) is 0 Å². The number of hydrogen-bond donors (Lipinski definition) is 0. The van der Waals surface area contributed by atoms with E-state index in [9.17, 15) is 4.79 Å². The highest BCUT2D eigenvalue weighted by Gasteiger charge is 2.24. The zero-order valence-corrected chi connectivity index (χ0v) is 8.31. The summed E-state index contributed by atoms with van der Waals surface area (Å²) >= 11 is 0. The molecule has 0 aromatic heterocycles. The minimum absolute atomic E-state index is 0.498. The van der Waals surface area contributed by atoms with E-state index in [0.717, 1.165) is 25.2 Å². The summed E-state index contributed by atoms with van der Waals surface area (Å²) in [5, 5.41) is 0. The van der Waals surface area contributed by atoms with Gasteiger partial charge in [-0.15, -0.1) is 0 Å². The predicted molar refractivity (Wildman–Crippen MR) is 51.0 cm³/mol. The summed E-state index contributed by atoms with van der Waals surface area (Å²) in [4.78, 5) is 11.2. The fourth-order valence-electron chi connectivity index (χ4n) is 2.42. The van der Waals surface area contributed by atoms with E-state index < -0.39 is 0 Å². The molecular formula is C11H20O. The van der Waals surface area contributed by atoms with E-state index >= 15 is 0 Å². The smallest absolute Gasteiger partial charge is 0.133 e. The fourth-order valence-corrected chi connectivity index (χ4v) is 2.42. The molecule has 1 aliphatic rings. The normalized spacial score (nSPS) is 24.9. The van der Waals surface area contributed by atoms with Crippen molar-refractivity contribution >= 4 is 5.78 Å². The van der Waals surface area contributed by atoms with Gasteiger partial charge in [-0.1, -0.05) is 26.7 Å². The average Bonchev–Trinajstić information content (AvgIpc) is 2.07. The van der Waals surface area contributed by atoms with Crippen molar-refractivity contribution in [2.45, 2.75) is 52.4 Å². The Bertz CT molecular complexity index is 147. The van der Waals surface area contributed by atoms with Crippen molar-refractivity contribution in [2.24, 2.45) is 11.8 Å². The second-order valence-electron chi connectivity index (χ2n) is 3.97. The monoisotopic (exact) mass is 168 g/mol. The van der Waals surface area contributed by atoms with E-state index in [2.05, 4.69) is 13.8 Å². The molecule has 1 atom stereocenters. The van der Waals surface area contributed by atoms with Gasteiger partial charge in [-0.2, -0.15) is 0 Å².